The fourth-order valence-corrected chi connectivity index (χ4v) is 2.39. The van der Waals surface area contributed by atoms with Crippen molar-refractivity contribution in [2.24, 2.45) is 0 Å². The second-order valence-corrected chi connectivity index (χ2v) is 5.40. The molecule has 0 amide bonds. The molecule has 2 unspecified atom stereocenters. The molecule has 0 aromatic heterocycles. The number of rotatable bonds is 7. The Morgan fingerprint density at radius 3 is 2.57 bits per heavy atom. The summed E-state index contributed by atoms with van der Waals surface area (Å²) in [6.07, 6.45) is -0.227. The molecule has 0 aliphatic heterocycles. The van der Waals surface area contributed by atoms with Gasteiger partial charge in [-0.1, -0.05) is 42.5 Å². The van der Waals surface area contributed by atoms with Crippen LogP contribution in [0.5, 0.6) is 5.75 Å². The molecule has 0 fully saturated rings. The van der Waals surface area contributed by atoms with E-state index >= 15 is 0 Å². The maximum atomic E-state index is 10.8. The summed E-state index contributed by atoms with van der Waals surface area (Å²) in [6.45, 7) is 1.86. The van der Waals surface area contributed by atoms with Gasteiger partial charge in [0.1, 0.15) is 18.5 Å². The van der Waals surface area contributed by atoms with Crippen LogP contribution < -0.4 is 4.74 Å². The van der Waals surface area contributed by atoms with Gasteiger partial charge in [0.2, 0.25) is 0 Å². The zero-order chi connectivity index (χ0) is 16.5. The highest BCUT2D eigenvalue weighted by Gasteiger charge is 2.13. The summed E-state index contributed by atoms with van der Waals surface area (Å²) >= 11 is -2.34. The van der Waals surface area contributed by atoms with E-state index in [4.69, 9.17) is 13.5 Å². The molecule has 2 aromatic carbocycles. The zero-order valence-corrected chi connectivity index (χ0v) is 13.6. The largest absolute Gasteiger partial charge is 0.491 e. The fourth-order valence-electron chi connectivity index (χ4n) is 2.04. The van der Waals surface area contributed by atoms with Crippen molar-refractivity contribution in [2.75, 3.05) is 6.61 Å². The first-order chi connectivity index (χ1) is 11.2. The van der Waals surface area contributed by atoms with Crippen LogP contribution in [0.2, 0.25) is 0 Å². The summed E-state index contributed by atoms with van der Waals surface area (Å²) in [5, 5.41) is 0. The molecule has 4 nitrogen and oxygen atoms in total. The van der Waals surface area contributed by atoms with Crippen molar-refractivity contribution in [3.63, 3.8) is 0 Å². The van der Waals surface area contributed by atoms with Gasteiger partial charge in [-0.3, -0.25) is 8.74 Å². The lowest BCUT2D eigenvalue weighted by atomic mass is 10.1. The molecule has 2 atom stereocenters. The Bertz CT molecular complexity index is 704. The Morgan fingerprint density at radius 2 is 1.87 bits per heavy atom. The molecule has 0 saturated carbocycles. The molecular weight excluding hydrogens is 312 g/mol. The second kappa shape index (κ2) is 9.11. The van der Waals surface area contributed by atoms with Crippen molar-refractivity contribution in [2.45, 2.75) is 19.4 Å². The van der Waals surface area contributed by atoms with Crippen molar-refractivity contribution >= 4 is 11.4 Å². The maximum Gasteiger partial charge on any atom is 0.302 e. The van der Waals surface area contributed by atoms with E-state index in [0.717, 1.165) is 11.1 Å². The predicted molar refractivity (Wildman–Crippen MR) is 91.1 cm³/mol. The average molecular weight is 330 g/mol. The number of hydrogen-bond acceptors (Lipinski definition) is 3. The van der Waals surface area contributed by atoms with E-state index < -0.39 is 17.5 Å². The lowest BCUT2D eigenvalue weighted by Crippen LogP contribution is -2.22. The van der Waals surface area contributed by atoms with Crippen LogP contribution in [0.3, 0.4) is 0 Å². The Hall–Kier alpha value is -2.13. The van der Waals surface area contributed by atoms with E-state index in [2.05, 4.69) is 11.8 Å². The van der Waals surface area contributed by atoms with E-state index in [1.165, 1.54) is 0 Å². The van der Waals surface area contributed by atoms with Crippen LogP contribution in [-0.4, -0.2) is 21.5 Å². The summed E-state index contributed by atoms with van der Waals surface area (Å²) in [5.41, 5.74) is 2.14. The Balaban J connectivity index is 2.04. The first kappa shape index (κ1) is 17.2. The summed E-state index contributed by atoms with van der Waals surface area (Å²) in [5.74, 6) is 6.23. The minimum absolute atomic E-state index is 0.152. The van der Waals surface area contributed by atoms with Crippen molar-refractivity contribution in [1.29, 1.82) is 0 Å². The quantitative estimate of drug-likeness (QED) is 0.622. The molecule has 0 aliphatic rings. The van der Waals surface area contributed by atoms with E-state index in [0.29, 0.717) is 12.2 Å². The standard InChI is InChI=1S/C18H18O4S/c1-2-3-11-18(22-23(19)20)14-21-17-12-7-10-16(13-17)15-8-5-4-6-9-15/h4-10,12-13,18H,11,14H2,1H3,(H,19,20). The Labute approximate surface area is 138 Å². The number of hydrogen-bond donors (Lipinski definition) is 1. The molecule has 2 rings (SSSR count). The van der Waals surface area contributed by atoms with E-state index in [1.54, 1.807) is 6.92 Å². The summed E-state index contributed by atoms with van der Waals surface area (Å²) in [6, 6.07) is 17.6. The van der Waals surface area contributed by atoms with Crippen molar-refractivity contribution in [3.05, 3.63) is 54.6 Å². The van der Waals surface area contributed by atoms with Gasteiger partial charge in [-0.05, 0) is 30.2 Å². The van der Waals surface area contributed by atoms with Crippen molar-refractivity contribution in [1.82, 2.24) is 0 Å². The first-order valence-corrected chi connectivity index (χ1v) is 8.18. The molecule has 0 bridgehead atoms. The highest BCUT2D eigenvalue weighted by molar-refractivity contribution is 7.74. The van der Waals surface area contributed by atoms with Gasteiger partial charge in [0.25, 0.3) is 0 Å². The number of benzene rings is 2. The van der Waals surface area contributed by atoms with Gasteiger partial charge in [-0.15, -0.1) is 11.8 Å². The molecule has 5 heteroatoms. The smallest absolute Gasteiger partial charge is 0.302 e. The summed E-state index contributed by atoms with van der Waals surface area (Å²) < 4.78 is 30.2. The summed E-state index contributed by atoms with van der Waals surface area (Å²) in [4.78, 5) is 0. The average Bonchev–Trinajstić information content (AvgIpc) is 2.58. The molecule has 0 heterocycles. The lowest BCUT2D eigenvalue weighted by molar-refractivity contribution is 0.135. The second-order valence-electron chi connectivity index (χ2n) is 4.77. The van der Waals surface area contributed by atoms with Gasteiger partial charge in [-0.25, -0.2) is 0 Å². The van der Waals surface area contributed by atoms with Crippen molar-refractivity contribution in [3.8, 4) is 28.7 Å². The van der Waals surface area contributed by atoms with Crippen molar-refractivity contribution < 1.29 is 17.7 Å². The maximum absolute atomic E-state index is 10.8. The highest BCUT2D eigenvalue weighted by Crippen LogP contribution is 2.23. The topological polar surface area (TPSA) is 55.8 Å². The monoisotopic (exact) mass is 330 g/mol. The molecule has 0 spiro atoms. The van der Waals surface area contributed by atoms with Crippen LogP contribution in [0, 0.1) is 11.8 Å². The third-order valence-electron chi connectivity index (χ3n) is 3.10. The van der Waals surface area contributed by atoms with Crippen LogP contribution in [-0.2, 0) is 15.5 Å². The van der Waals surface area contributed by atoms with Gasteiger partial charge in [-0.2, -0.15) is 4.21 Å². The molecule has 0 radical (unpaired) electrons. The third kappa shape index (κ3) is 5.87. The molecule has 1 N–H and O–H groups in total. The van der Waals surface area contributed by atoms with Crippen LogP contribution in [0.4, 0.5) is 0 Å². The lowest BCUT2D eigenvalue weighted by Gasteiger charge is -2.14. The van der Waals surface area contributed by atoms with Crippen LogP contribution in [0.1, 0.15) is 13.3 Å². The molecule has 120 valence electrons. The predicted octanol–water partition coefficient (Wildman–Crippen LogP) is 3.67. The normalized spacial score (nSPS) is 12.8. The highest BCUT2D eigenvalue weighted by atomic mass is 32.2. The Morgan fingerprint density at radius 1 is 1.13 bits per heavy atom. The first-order valence-electron chi connectivity index (χ1n) is 7.15. The summed E-state index contributed by atoms with van der Waals surface area (Å²) in [7, 11) is 0. The van der Waals surface area contributed by atoms with Crippen LogP contribution in [0.15, 0.2) is 54.6 Å². The third-order valence-corrected chi connectivity index (χ3v) is 3.54. The molecular formula is C18H18O4S. The van der Waals surface area contributed by atoms with Gasteiger partial charge >= 0.3 is 11.4 Å². The van der Waals surface area contributed by atoms with Gasteiger partial charge < -0.3 is 4.74 Å². The molecule has 23 heavy (non-hydrogen) atoms. The van der Waals surface area contributed by atoms with Gasteiger partial charge in [0.15, 0.2) is 0 Å². The molecule has 0 saturated heterocycles. The minimum atomic E-state index is -2.34. The van der Waals surface area contributed by atoms with E-state index in [-0.39, 0.29) is 6.61 Å². The molecule has 0 aliphatic carbocycles. The molecule has 2 aromatic rings. The minimum Gasteiger partial charge on any atom is -0.491 e. The van der Waals surface area contributed by atoms with Crippen LogP contribution in [0.25, 0.3) is 11.1 Å². The number of ether oxygens (including phenoxy) is 1. The zero-order valence-electron chi connectivity index (χ0n) is 12.8. The van der Waals surface area contributed by atoms with E-state index in [1.807, 2.05) is 54.6 Å². The van der Waals surface area contributed by atoms with E-state index in [9.17, 15) is 4.21 Å². The van der Waals surface area contributed by atoms with Gasteiger partial charge in [0.05, 0.1) is 0 Å². The fraction of sp³-hybridized carbons (Fsp3) is 0.222. The Kier molecular flexibility index (Phi) is 6.82. The SMILES string of the molecule is CC#CCC(COc1cccc(-c2ccccc2)c1)OS(=O)O. The van der Waals surface area contributed by atoms with Crippen LogP contribution >= 0.6 is 0 Å². The van der Waals surface area contributed by atoms with Gasteiger partial charge in [0, 0.05) is 6.42 Å².